The molecule has 1 heterocycles. The number of rotatable bonds is 6. The highest BCUT2D eigenvalue weighted by Crippen LogP contribution is 2.28. The fraction of sp³-hybridized carbons (Fsp3) is 0.294. The fourth-order valence-corrected chi connectivity index (χ4v) is 1.90. The third kappa shape index (κ3) is 4.60. The second-order valence-electron chi connectivity index (χ2n) is 5.18. The molecular formula is C17H20N2O4. The van der Waals surface area contributed by atoms with Gasteiger partial charge in [0.05, 0.1) is 19.4 Å². The lowest BCUT2D eigenvalue weighted by Crippen LogP contribution is -2.17. The average molecular weight is 316 g/mol. The zero-order valence-corrected chi connectivity index (χ0v) is 13.6. The number of hydrogen-bond donors (Lipinski definition) is 1. The minimum absolute atomic E-state index is 0.0185. The Bertz CT molecular complexity index is 704. The van der Waals surface area contributed by atoms with Gasteiger partial charge in [-0.1, -0.05) is 0 Å². The van der Waals surface area contributed by atoms with E-state index < -0.39 is 0 Å². The molecule has 1 aromatic heterocycles. The molecule has 6 heteroatoms. The Kier molecular flexibility index (Phi) is 5.41. The van der Waals surface area contributed by atoms with E-state index in [4.69, 9.17) is 13.9 Å². The van der Waals surface area contributed by atoms with Crippen LogP contribution >= 0.6 is 0 Å². The van der Waals surface area contributed by atoms with E-state index in [2.05, 4.69) is 10.5 Å². The molecule has 2 rings (SSSR count). The molecule has 0 atom stereocenters. The van der Waals surface area contributed by atoms with Crippen molar-refractivity contribution in [2.75, 3.05) is 7.11 Å². The van der Waals surface area contributed by atoms with Crippen molar-refractivity contribution in [2.24, 2.45) is 5.10 Å². The first-order chi connectivity index (χ1) is 11.0. The molecule has 6 nitrogen and oxygen atoms in total. The molecule has 0 saturated heterocycles. The highest BCUT2D eigenvalue weighted by atomic mass is 16.5. The van der Waals surface area contributed by atoms with E-state index in [9.17, 15) is 4.79 Å². The number of hydrazone groups is 1. The van der Waals surface area contributed by atoms with E-state index >= 15 is 0 Å². The molecule has 1 aromatic carbocycles. The maximum Gasteiger partial charge on any atom is 0.271 e. The predicted octanol–water partition coefficient (Wildman–Crippen LogP) is 3.15. The molecule has 0 aliphatic rings. The van der Waals surface area contributed by atoms with Crippen LogP contribution in [0, 0.1) is 6.92 Å². The zero-order valence-electron chi connectivity index (χ0n) is 13.6. The highest BCUT2D eigenvalue weighted by Gasteiger charge is 2.11. The summed E-state index contributed by atoms with van der Waals surface area (Å²) in [5, 5.41) is 3.87. The predicted molar refractivity (Wildman–Crippen MR) is 87.3 cm³/mol. The van der Waals surface area contributed by atoms with Crippen molar-refractivity contribution >= 4 is 12.1 Å². The molecule has 0 bridgehead atoms. The summed E-state index contributed by atoms with van der Waals surface area (Å²) in [6, 6.07) is 8.56. The van der Waals surface area contributed by atoms with Crippen molar-refractivity contribution < 1.29 is 18.7 Å². The lowest BCUT2D eigenvalue weighted by Gasteiger charge is -2.14. The Morgan fingerprint density at radius 1 is 1.26 bits per heavy atom. The Morgan fingerprint density at radius 3 is 2.65 bits per heavy atom. The third-order valence-electron chi connectivity index (χ3n) is 2.91. The quantitative estimate of drug-likeness (QED) is 0.656. The fourth-order valence-electron chi connectivity index (χ4n) is 1.90. The Labute approximate surface area is 135 Å². The van der Waals surface area contributed by atoms with Gasteiger partial charge in [-0.2, -0.15) is 5.10 Å². The number of amides is 1. The number of furan rings is 1. The van der Waals surface area contributed by atoms with Crippen LogP contribution in [0.1, 0.15) is 35.7 Å². The van der Waals surface area contributed by atoms with Gasteiger partial charge >= 0.3 is 0 Å². The van der Waals surface area contributed by atoms with Crippen molar-refractivity contribution in [3.8, 4) is 11.5 Å². The van der Waals surface area contributed by atoms with Crippen LogP contribution in [-0.2, 0) is 0 Å². The van der Waals surface area contributed by atoms with Gasteiger partial charge in [0.2, 0.25) is 0 Å². The first-order valence-corrected chi connectivity index (χ1v) is 7.24. The molecule has 0 unspecified atom stereocenters. The van der Waals surface area contributed by atoms with Gasteiger partial charge in [-0.05, 0) is 51.1 Å². The monoisotopic (exact) mass is 316 g/mol. The average Bonchev–Trinajstić information content (AvgIpc) is 2.92. The second kappa shape index (κ2) is 7.49. The van der Waals surface area contributed by atoms with Crippen LogP contribution in [0.5, 0.6) is 11.5 Å². The van der Waals surface area contributed by atoms with Gasteiger partial charge < -0.3 is 13.9 Å². The van der Waals surface area contributed by atoms with E-state index in [1.807, 2.05) is 26.8 Å². The van der Waals surface area contributed by atoms with Gasteiger partial charge in [0.1, 0.15) is 11.5 Å². The summed E-state index contributed by atoms with van der Waals surface area (Å²) in [6.45, 7) is 5.68. The Morgan fingerprint density at radius 2 is 2.04 bits per heavy atom. The summed E-state index contributed by atoms with van der Waals surface area (Å²) in [7, 11) is 1.53. The molecule has 2 aromatic rings. The van der Waals surface area contributed by atoms with E-state index in [0.29, 0.717) is 22.8 Å². The van der Waals surface area contributed by atoms with Crippen molar-refractivity contribution in [2.45, 2.75) is 26.9 Å². The zero-order chi connectivity index (χ0) is 16.8. The number of nitrogens with zero attached hydrogens (tertiary/aromatic N) is 1. The second-order valence-corrected chi connectivity index (χ2v) is 5.18. The summed E-state index contributed by atoms with van der Waals surface area (Å²) >= 11 is 0. The molecule has 0 radical (unpaired) electrons. The van der Waals surface area contributed by atoms with Crippen molar-refractivity contribution in [1.29, 1.82) is 0 Å². The van der Waals surface area contributed by atoms with Crippen molar-refractivity contribution in [3.05, 3.63) is 47.4 Å². The first kappa shape index (κ1) is 16.6. The number of nitrogens with one attached hydrogen (secondary N) is 1. The Balaban J connectivity index is 2.05. The van der Waals surface area contributed by atoms with Crippen molar-refractivity contribution in [3.63, 3.8) is 0 Å². The maximum atomic E-state index is 12.1. The standard InChI is InChI=1S/C17H20N2O4/c1-11(2)22-15-8-6-13(9-16(15)21-4)17(20)19-18-10-14-7-5-12(3)23-14/h5-11H,1-4H3,(H,19,20)/b18-10-. The number of methoxy groups -OCH3 is 1. The largest absolute Gasteiger partial charge is 0.493 e. The van der Waals surface area contributed by atoms with Gasteiger partial charge in [0, 0.05) is 5.56 Å². The third-order valence-corrected chi connectivity index (χ3v) is 2.91. The lowest BCUT2D eigenvalue weighted by molar-refractivity contribution is 0.0954. The summed E-state index contributed by atoms with van der Waals surface area (Å²) < 4.78 is 16.2. The summed E-state index contributed by atoms with van der Waals surface area (Å²) in [6.07, 6.45) is 1.46. The van der Waals surface area contributed by atoms with Crippen LogP contribution in [0.2, 0.25) is 0 Å². The van der Waals surface area contributed by atoms with Gasteiger partial charge in [-0.3, -0.25) is 4.79 Å². The van der Waals surface area contributed by atoms with Crippen LogP contribution in [0.25, 0.3) is 0 Å². The normalized spacial score (nSPS) is 11.0. The van der Waals surface area contributed by atoms with Crippen LogP contribution in [0.3, 0.4) is 0 Å². The minimum Gasteiger partial charge on any atom is -0.493 e. The van der Waals surface area contributed by atoms with E-state index in [0.717, 1.165) is 5.76 Å². The SMILES string of the molecule is COc1cc(C(=O)N/N=C\c2ccc(C)o2)ccc1OC(C)C. The molecule has 122 valence electrons. The molecule has 0 spiro atoms. The smallest absolute Gasteiger partial charge is 0.271 e. The molecule has 0 aliphatic carbocycles. The number of hydrogen-bond acceptors (Lipinski definition) is 5. The van der Waals surface area contributed by atoms with Crippen LogP contribution in [-0.4, -0.2) is 25.3 Å². The number of ether oxygens (including phenoxy) is 2. The van der Waals surface area contributed by atoms with E-state index in [1.165, 1.54) is 13.3 Å². The highest BCUT2D eigenvalue weighted by molar-refractivity contribution is 5.95. The number of carbonyl (C=O) groups is 1. The number of carbonyl (C=O) groups excluding carboxylic acids is 1. The molecule has 0 fully saturated rings. The minimum atomic E-state index is -0.348. The van der Waals surface area contributed by atoms with E-state index in [1.54, 1.807) is 24.3 Å². The molecular weight excluding hydrogens is 296 g/mol. The van der Waals surface area contributed by atoms with E-state index in [-0.39, 0.29) is 12.0 Å². The summed E-state index contributed by atoms with van der Waals surface area (Å²) in [5.74, 6) is 2.09. The lowest BCUT2D eigenvalue weighted by atomic mass is 10.2. The molecule has 0 aliphatic heterocycles. The number of aryl methyl sites for hydroxylation is 1. The molecule has 1 amide bonds. The van der Waals surface area contributed by atoms with Crippen LogP contribution in [0.15, 0.2) is 39.9 Å². The van der Waals surface area contributed by atoms with Gasteiger partial charge in [-0.15, -0.1) is 0 Å². The molecule has 23 heavy (non-hydrogen) atoms. The van der Waals surface area contributed by atoms with Crippen LogP contribution in [0.4, 0.5) is 0 Å². The maximum absolute atomic E-state index is 12.1. The molecule has 0 saturated carbocycles. The number of benzene rings is 1. The first-order valence-electron chi connectivity index (χ1n) is 7.24. The summed E-state index contributed by atoms with van der Waals surface area (Å²) in [4.78, 5) is 12.1. The Hall–Kier alpha value is -2.76. The van der Waals surface area contributed by atoms with Crippen molar-refractivity contribution in [1.82, 2.24) is 5.43 Å². The van der Waals surface area contributed by atoms with Gasteiger partial charge in [0.15, 0.2) is 11.5 Å². The topological polar surface area (TPSA) is 73.1 Å². The molecule has 1 N–H and O–H groups in total. The van der Waals surface area contributed by atoms with Crippen LogP contribution < -0.4 is 14.9 Å². The summed E-state index contributed by atoms with van der Waals surface area (Å²) in [5.41, 5.74) is 2.86. The van der Waals surface area contributed by atoms with Gasteiger partial charge in [-0.25, -0.2) is 5.43 Å². The van der Waals surface area contributed by atoms with Gasteiger partial charge in [0.25, 0.3) is 5.91 Å².